The van der Waals surface area contributed by atoms with Crippen molar-refractivity contribution in [1.82, 2.24) is 0 Å². The van der Waals surface area contributed by atoms with Gasteiger partial charge in [-0.3, -0.25) is 4.79 Å². The largest absolute Gasteiger partial charge is 0.465 e. The molecule has 2 bridgehead atoms. The summed E-state index contributed by atoms with van der Waals surface area (Å²) in [4.78, 5) is 12.2. The lowest BCUT2D eigenvalue weighted by molar-refractivity contribution is -0.150. The summed E-state index contributed by atoms with van der Waals surface area (Å²) >= 11 is 0. The summed E-state index contributed by atoms with van der Waals surface area (Å²) in [6.07, 6.45) is 9.25. The topological polar surface area (TPSA) is 39.1 Å². The van der Waals surface area contributed by atoms with Gasteiger partial charge in [0, 0.05) is 12.8 Å². The van der Waals surface area contributed by atoms with Crippen molar-refractivity contribution in [2.24, 2.45) is 28.6 Å². The van der Waals surface area contributed by atoms with Gasteiger partial charge in [0.1, 0.15) is 0 Å². The van der Waals surface area contributed by atoms with Gasteiger partial charge >= 0.3 is 5.97 Å². The number of aliphatic hydroxyl groups is 2. The predicted octanol–water partition coefficient (Wildman–Crippen LogP) is 3.46. The second kappa shape index (κ2) is 4.96. The molecule has 1 heterocycles. The second-order valence-electron chi connectivity index (χ2n) is 9.06. The van der Waals surface area contributed by atoms with Crippen LogP contribution in [0.25, 0.3) is 0 Å². The molecule has 0 spiro atoms. The van der Waals surface area contributed by atoms with E-state index in [1.54, 1.807) is 0 Å². The summed E-state index contributed by atoms with van der Waals surface area (Å²) in [5, 5.41) is 0. The molecule has 6 unspecified atom stereocenters. The third kappa shape index (κ3) is 2.15. The molecule has 4 fully saturated rings. The van der Waals surface area contributed by atoms with E-state index in [4.69, 9.17) is 4.74 Å². The Morgan fingerprint density at radius 2 is 1.95 bits per heavy atom. The zero-order chi connectivity index (χ0) is 15.5. The van der Waals surface area contributed by atoms with Crippen LogP contribution in [0.2, 0.25) is 0 Å². The van der Waals surface area contributed by atoms with E-state index in [9.17, 15) is 4.79 Å². The fourth-order valence-corrected chi connectivity index (χ4v) is 5.90. The lowest BCUT2D eigenvalue weighted by Crippen LogP contribution is -2.33. The van der Waals surface area contributed by atoms with Crippen LogP contribution in [0.3, 0.4) is 0 Å². The molecule has 3 aliphatic carbocycles. The van der Waals surface area contributed by atoms with Crippen molar-refractivity contribution in [2.75, 3.05) is 6.61 Å². The van der Waals surface area contributed by atoms with Crippen LogP contribution in [0.1, 0.15) is 65.7 Å². The van der Waals surface area contributed by atoms with Gasteiger partial charge in [-0.15, -0.1) is 0 Å². The lowest BCUT2D eigenvalue weighted by Gasteiger charge is -2.39. The van der Waals surface area contributed by atoms with Gasteiger partial charge in [-0.1, -0.05) is 20.8 Å². The van der Waals surface area contributed by atoms with Crippen molar-refractivity contribution in [3.63, 3.8) is 0 Å². The van der Waals surface area contributed by atoms with E-state index in [1.807, 2.05) is 0 Å². The van der Waals surface area contributed by atoms with Crippen LogP contribution in [-0.4, -0.2) is 29.5 Å². The Labute approximate surface area is 134 Å². The van der Waals surface area contributed by atoms with Gasteiger partial charge in [-0.2, -0.15) is 0 Å². The Balaban J connectivity index is 1.26. The molecule has 6 atom stereocenters. The maximum Gasteiger partial charge on any atom is 0.309 e. The van der Waals surface area contributed by atoms with E-state index in [0.717, 1.165) is 37.5 Å². The Morgan fingerprint density at radius 3 is 2.59 bits per heavy atom. The van der Waals surface area contributed by atoms with Crippen LogP contribution in [0.5, 0.6) is 0 Å². The van der Waals surface area contributed by atoms with Crippen LogP contribution in [0, 0.1) is 28.6 Å². The van der Waals surface area contributed by atoms with E-state index in [0.29, 0.717) is 29.6 Å². The van der Waals surface area contributed by atoms with Gasteiger partial charge in [0.15, 0.2) is 0 Å². The highest BCUT2D eigenvalue weighted by atomic mass is 16.6. The van der Waals surface area contributed by atoms with Crippen molar-refractivity contribution in [3.8, 4) is 0 Å². The van der Waals surface area contributed by atoms with Gasteiger partial charge in [-0.05, 0) is 54.8 Å². The van der Waals surface area contributed by atoms with Crippen LogP contribution < -0.4 is 0 Å². The van der Waals surface area contributed by atoms with E-state index >= 15 is 0 Å². The molecule has 1 saturated heterocycles. The summed E-state index contributed by atoms with van der Waals surface area (Å²) in [5.41, 5.74) is 0.919. The number of hydrogen-bond acceptors (Lipinski definition) is 2. The molecule has 1 N–H and O–H groups in total. The number of carbonyl (C=O) groups excluding carboxylic acids is 1. The number of carbonyl (C=O) groups is 1. The molecule has 22 heavy (non-hydrogen) atoms. The molecule has 0 aromatic rings. The predicted molar refractivity (Wildman–Crippen MR) is 85.4 cm³/mol. The summed E-state index contributed by atoms with van der Waals surface area (Å²) in [6.45, 7) is 8.01. The number of rotatable bonds is 4. The Bertz CT molecular complexity index is 471. The summed E-state index contributed by atoms with van der Waals surface area (Å²) in [5.74, 6) is 1.79. The molecular formula is C19H31O3+. The zero-order valence-electron chi connectivity index (χ0n) is 14.3. The average molecular weight is 307 g/mol. The fourth-order valence-electron chi connectivity index (χ4n) is 5.90. The Hall–Kier alpha value is -0.570. The molecule has 0 aromatic heterocycles. The maximum atomic E-state index is 12.2. The van der Waals surface area contributed by atoms with Crippen molar-refractivity contribution in [1.29, 1.82) is 0 Å². The van der Waals surface area contributed by atoms with Crippen molar-refractivity contribution in [3.05, 3.63) is 0 Å². The normalized spacial score (nSPS) is 48.0. The van der Waals surface area contributed by atoms with Gasteiger partial charge in [0.25, 0.3) is 0 Å². The highest BCUT2D eigenvalue weighted by Crippen LogP contribution is 2.68. The molecule has 3 heteroatoms. The monoisotopic (exact) mass is 307 g/mol. The highest BCUT2D eigenvalue weighted by molar-refractivity contribution is 5.72. The molecule has 124 valence electrons. The minimum absolute atomic E-state index is 0.0492. The fraction of sp³-hybridized carbons (Fsp3) is 0.947. The smallest absolute Gasteiger partial charge is 0.309 e. The third-order valence-electron chi connectivity index (χ3n) is 8.09. The first-order valence-corrected chi connectivity index (χ1v) is 9.28. The SMILES string of the molecule is CC1(C)C2CCC1(C)C(CCOC(=O)C1CCC3[OH+]C3C1)C2. The standard InChI is InChI=1S/C19H30O3/c1-18(2)13-6-8-19(18,3)14(11-13)7-9-21-17(20)12-4-5-15-16(10-12)22-15/h12-16H,4-11H2,1-3H3/p+1. The van der Waals surface area contributed by atoms with Crippen molar-refractivity contribution >= 4 is 5.97 Å². The molecule has 3 nitrogen and oxygen atoms in total. The minimum atomic E-state index is 0.0492. The average Bonchev–Trinajstić information content (AvgIpc) is 3.19. The first-order valence-electron chi connectivity index (χ1n) is 9.28. The quantitative estimate of drug-likeness (QED) is 0.453. The third-order valence-corrected chi connectivity index (χ3v) is 8.09. The molecule has 4 rings (SSSR count). The first kappa shape index (κ1) is 15.0. The van der Waals surface area contributed by atoms with E-state index < -0.39 is 0 Å². The highest BCUT2D eigenvalue weighted by Gasteiger charge is 2.60. The number of epoxide rings is 1. The molecule has 3 saturated carbocycles. The van der Waals surface area contributed by atoms with Crippen LogP contribution in [-0.2, 0) is 9.53 Å². The zero-order valence-corrected chi connectivity index (χ0v) is 14.3. The van der Waals surface area contributed by atoms with Gasteiger partial charge in [0.05, 0.1) is 12.5 Å². The van der Waals surface area contributed by atoms with Gasteiger partial charge in [-0.25, -0.2) is 0 Å². The number of fused-ring (bicyclic) bond motifs is 3. The minimum Gasteiger partial charge on any atom is -0.465 e. The van der Waals surface area contributed by atoms with E-state index in [2.05, 4.69) is 25.5 Å². The molecule has 1 aliphatic heterocycles. The van der Waals surface area contributed by atoms with Crippen LogP contribution in [0.4, 0.5) is 0 Å². The number of ether oxygens (including phenoxy) is 2. The number of esters is 1. The summed E-state index contributed by atoms with van der Waals surface area (Å²) in [6, 6.07) is 0. The van der Waals surface area contributed by atoms with Gasteiger partial charge in [0.2, 0.25) is 12.2 Å². The van der Waals surface area contributed by atoms with E-state index in [1.165, 1.54) is 19.3 Å². The molecule has 0 amide bonds. The molecule has 0 aromatic carbocycles. The molecule has 0 radical (unpaired) electrons. The molecule has 4 aliphatic rings. The lowest BCUT2D eigenvalue weighted by atomic mass is 9.66. The number of hydrogen-bond donors (Lipinski definition) is 0. The maximum absolute atomic E-state index is 12.2. The van der Waals surface area contributed by atoms with Crippen molar-refractivity contribution < 1.29 is 14.3 Å². The Morgan fingerprint density at radius 1 is 1.14 bits per heavy atom. The van der Waals surface area contributed by atoms with Crippen LogP contribution >= 0.6 is 0 Å². The van der Waals surface area contributed by atoms with E-state index in [-0.39, 0.29) is 11.9 Å². The summed E-state index contributed by atoms with van der Waals surface area (Å²) < 4.78 is 10.1. The van der Waals surface area contributed by atoms with Crippen LogP contribution in [0.15, 0.2) is 0 Å². The van der Waals surface area contributed by atoms with Crippen molar-refractivity contribution in [2.45, 2.75) is 77.9 Å². The second-order valence-corrected chi connectivity index (χ2v) is 9.06. The van der Waals surface area contributed by atoms with Gasteiger partial charge < -0.3 is 9.47 Å². The first-order chi connectivity index (χ1) is 10.4. The summed E-state index contributed by atoms with van der Waals surface area (Å²) in [7, 11) is 0. The Kier molecular flexibility index (Phi) is 3.38. The molecular weight excluding hydrogens is 276 g/mol.